The minimum atomic E-state index is -5.67. The van der Waals surface area contributed by atoms with E-state index in [1.54, 1.807) is 0 Å². The minimum absolute atomic E-state index is 0.00120. The number of halogens is 6. The Balaban J connectivity index is 1.71. The predicted octanol–water partition coefficient (Wildman–Crippen LogP) is 3.81. The highest BCUT2D eigenvalue weighted by Gasteiger charge is 2.59. The van der Waals surface area contributed by atoms with Crippen LogP contribution in [0.2, 0.25) is 0 Å². The molecular weight excluding hydrogens is 430 g/mol. The van der Waals surface area contributed by atoms with Crippen molar-refractivity contribution in [1.29, 1.82) is 0 Å². The summed E-state index contributed by atoms with van der Waals surface area (Å²) in [5, 5.41) is 10.8. The number of rotatable bonds is 5. The van der Waals surface area contributed by atoms with Crippen molar-refractivity contribution in [1.82, 2.24) is 24.9 Å². The van der Waals surface area contributed by atoms with Gasteiger partial charge in [-0.2, -0.15) is 45.9 Å². The lowest BCUT2D eigenvalue weighted by atomic mass is 10.0. The molecule has 2 atom stereocenters. The number of hydrogen-bond acceptors (Lipinski definition) is 6. The second kappa shape index (κ2) is 7.68. The van der Waals surface area contributed by atoms with Gasteiger partial charge in [-0.3, -0.25) is 0 Å². The molecule has 7 nitrogen and oxygen atoms in total. The average Bonchev–Trinajstić information content (AvgIpc) is 3.21. The van der Waals surface area contributed by atoms with Crippen LogP contribution in [0, 0.1) is 0 Å². The number of ether oxygens (including phenoxy) is 1. The second-order valence-corrected chi connectivity index (χ2v) is 8.35. The zero-order valence-electron chi connectivity index (χ0n) is 16.8. The molecular formula is C18H22F6N6O. The normalized spacial score (nSPS) is 24.4. The van der Waals surface area contributed by atoms with Gasteiger partial charge in [0.2, 0.25) is 5.95 Å². The van der Waals surface area contributed by atoms with Gasteiger partial charge in [0, 0.05) is 23.7 Å². The lowest BCUT2D eigenvalue weighted by Crippen LogP contribution is -2.47. The highest BCUT2D eigenvalue weighted by Crippen LogP contribution is 2.36. The number of nitrogens with one attached hydrogen (secondary N) is 2. The third kappa shape index (κ3) is 4.51. The third-order valence-corrected chi connectivity index (χ3v) is 5.62. The molecule has 0 radical (unpaired) electrons. The van der Waals surface area contributed by atoms with Gasteiger partial charge < -0.3 is 15.4 Å². The Morgan fingerprint density at radius 1 is 1.06 bits per heavy atom. The maximum Gasteiger partial charge on any atom is 0.434 e. The molecule has 172 valence electrons. The Morgan fingerprint density at radius 2 is 1.68 bits per heavy atom. The smallest absolute Gasteiger partial charge is 0.434 e. The molecule has 2 aromatic rings. The monoisotopic (exact) mass is 452 g/mol. The molecule has 4 heterocycles. The van der Waals surface area contributed by atoms with Crippen LogP contribution in [0.25, 0.3) is 5.65 Å². The van der Waals surface area contributed by atoms with Crippen molar-refractivity contribution in [3.05, 3.63) is 11.8 Å². The van der Waals surface area contributed by atoms with E-state index in [4.69, 9.17) is 0 Å². The van der Waals surface area contributed by atoms with Crippen molar-refractivity contribution in [2.24, 2.45) is 0 Å². The number of anilines is 1. The largest absolute Gasteiger partial charge is 0.440 e. The van der Waals surface area contributed by atoms with E-state index >= 15 is 0 Å². The third-order valence-electron chi connectivity index (χ3n) is 5.62. The van der Waals surface area contributed by atoms with Crippen LogP contribution in [0.4, 0.5) is 32.3 Å². The SMILES string of the molecule is CC(C)c1cnn2c(NC3CC4CCC(C3)N4)nc(OC(C(F)(F)F)C(F)(F)F)nc12. The number of hydrogen-bond donors (Lipinski definition) is 2. The first-order chi connectivity index (χ1) is 14.4. The minimum Gasteiger partial charge on any atom is -0.440 e. The standard InChI is InChI=1S/C18H22F6N6O/c1-8(2)12-7-25-30-13(12)28-16(31-14(17(19,20)21)18(22,23)24)29-15(30)27-11-5-9-3-4-10(6-11)26-9/h7-11,14,26H,3-6H2,1-2H3,(H,27,28,29). The van der Waals surface area contributed by atoms with E-state index in [0.717, 1.165) is 25.7 Å². The van der Waals surface area contributed by atoms with Gasteiger partial charge in [-0.1, -0.05) is 13.8 Å². The van der Waals surface area contributed by atoms with Crippen LogP contribution in [0.15, 0.2) is 6.20 Å². The van der Waals surface area contributed by atoms with Crippen LogP contribution in [0.3, 0.4) is 0 Å². The fraction of sp³-hybridized carbons (Fsp3) is 0.722. The zero-order chi connectivity index (χ0) is 22.6. The number of nitrogens with zero attached hydrogens (tertiary/aromatic N) is 4. The van der Waals surface area contributed by atoms with Gasteiger partial charge in [0.1, 0.15) is 0 Å². The summed E-state index contributed by atoms with van der Waals surface area (Å²) in [4.78, 5) is 7.67. The highest BCUT2D eigenvalue weighted by molar-refractivity contribution is 5.53. The molecule has 2 bridgehead atoms. The molecule has 2 aliphatic rings. The fourth-order valence-electron chi connectivity index (χ4n) is 4.21. The van der Waals surface area contributed by atoms with Crippen molar-refractivity contribution in [3.63, 3.8) is 0 Å². The molecule has 31 heavy (non-hydrogen) atoms. The van der Waals surface area contributed by atoms with Gasteiger partial charge in [0.15, 0.2) is 5.65 Å². The van der Waals surface area contributed by atoms with Gasteiger partial charge in [0.25, 0.3) is 6.10 Å². The van der Waals surface area contributed by atoms with E-state index in [1.807, 2.05) is 13.8 Å². The van der Waals surface area contributed by atoms with Crippen LogP contribution >= 0.6 is 0 Å². The van der Waals surface area contributed by atoms with E-state index in [-0.39, 0.29) is 23.6 Å². The first-order valence-corrected chi connectivity index (χ1v) is 10.00. The molecule has 2 saturated heterocycles. The van der Waals surface area contributed by atoms with E-state index < -0.39 is 24.5 Å². The van der Waals surface area contributed by atoms with Crippen LogP contribution in [-0.4, -0.2) is 56.2 Å². The summed E-state index contributed by atoms with van der Waals surface area (Å²) >= 11 is 0. The van der Waals surface area contributed by atoms with E-state index in [1.165, 1.54) is 10.7 Å². The first kappa shape index (κ1) is 21.9. The Kier molecular flexibility index (Phi) is 5.42. The molecule has 2 aromatic heterocycles. The Hall–Kier alpha value is -2.31. The van der Waals surface area contributed by atoms with Crippen molar-refractivity contribution in [3.8, 4) is 6.01 Å². The molecule has 0 spiro atoms. The lowest BCUT2D eigenvalue weighted by molar-refractivity contribution is -0.301. The maximum atomic E-state index is 13.0. The molecule has 0 amide bonds. The van der Waals surface area contributed by atoms with Gasteiger partial charge >= 0.3 is 18.4 Å². The predicted molar refractivity (Wildman–Crippen MR) is 98.0 cm³/mol. The molecule has 2 unspecified atom stereocenters. The Bertz CT molecular complexity index is 916. The van der Waals surface area contributed by atoms with Crippen LogP contribution < -0.4 is 15.4 Å². The molecule has 2 N–H and O–H groups in total. The van der Waals surface area contributed by atoms with Crippen molar-refractivity contribution in [2.45, 2.75) is 82.0 Å². The second-order valence-electron chi connectivity index (χ2n) is 8.35. The summed E-state index contributed by atoms with van der Waals surface area (Å²) in [5.41, 5.74) is 0.652. The number of fused-ring (bicyclic) bond motifs is 3. The quantitative estimate of drug-likeness (QED) is 0.672. The summed E-state index contributed by atoms with van der Waals surface area (Å²) in [7, 11) is 0. The first-order valence-electron chi connectivity index (χ1n) is 10.00. The summed E-state index contributed by atoms with van der Waals surface area (Å²) in [6, 6.07) is -0.438. The van der Waals surface area contributed by atoms with Crippen molar-refractivity contribution >= 4 is 11.6 Å². The van der Waals surface area contributed by atoms with E-state index in [2.05, 4.69) is 30.4 Å². The van der Waals surface area contributed by atoms with E-state index in [9.17, 15) is 26.3 Å². The summed E-state index contributed by atoms with van der Waals surface area (Å²) in [6.45, 7) is 3.62. The number of piperidine rings is 1. The average molecular weight is 452 g/mol. The fourth-order valence-corrected chi connectivity index (χ4v) is 4.21. The number of alkyl halides is 6. The van der Waals surface area contributed by atoms with Crippen LogP contribution in [0.1, 0.15) is 51.0 Å². The Morgan fingerprint density at radius 3 is 2.23 bits per heavy atom. The van der Waals surface area contributed by atoms with Gasteiger partial charge in [-0.25, -0.2) is 0 Å². The van der Waals surface area contributed by atoms with Crippen LogP contribution in [-0.2, 0) is 0 Å². The Labute approximate surface area is 173 Å². The molecule has 4 rings (SSSR count). The molecule has 0 aliphatic carbocycles. The molecule has 2 fully saturated rings. The highest BCUT2D eigenvalue weighted by atomic mass is 19.4. The lowest BCUT2D eigenvalue weighted by Gasteiger charge is -2.30. The molecule has 13 heteroatoms. The number of aromatic nitrogens is 4. The molecule has 0 aromatic carbocycles. The van der Waals surface area contributed by atoms with E-state index in [0.29, 0.717) is 17.6 Å². The topological polar surface area (TPSA) is 76.4 Å². The van der Waals surface area contributed by atoms with Crippen LogP contribution in [0.5, 0.6) is 6.01 Å². The summed E-state index contributed by atoms with van der Waals surface area (Å²) in [5.74, 6) is -0.120. The maximum absolute atomic E-state index is 13.0. The summed E-state index contributed by atoms with van der Waals surface area (Å²) < 4.78 is 83.5. The summed E-state index contributed by atoms with van der Waals surface area (Å²) in [6.07, 6.45) is -10.3. The van der Waals surface area contributed by atoms with Crippen molar-refractivity contribution < 1.29 is 31.1 Å². The molecule has 0 saturated carbocycles. The van der Waals surface area contributed by atoms with Gasteiger partial charge in [0.05, 0.1) is 6.20 Å². The molecule has 2 aliphatic heterocycles. The van der Waals surface area contributed by atoms with Gasteiger partial charge in [-0.15, -0.1) is 0 Å². The zero-order valence-corrected chi connectivity index (χ0v) is 16.8. The van der Waals surface area contributed by atoms with Crippen molar-refractivity contribution in [2.75, 3.05) is 5.32 Å². The van der Waals surface area contributed by atoms with Gasteiger partial charge in [-0.05, 0) is 31.6 Å².